The number of nitrogens with zero attached hydrogens (tertiary/aromatic N) is 2. The number of carboxylic acids is 1. The van der Waals surface area contributed by atoms with Crippen LogP contribution < -0.4 is 0 Å². The van der Waals surface area contributed by atoms with E-state index in [1.807, 2.05) is 13.8 Å². The third-order valence-electron chi connectivity index (χ3n) is 4.33. The Hall–Kier alpha value is -1.26. The number of urea groups is 1. The Kier molecular flexibility index (Phi) is 5.42. The summed E-state index contributed by atoms with van der Waals surface area (Å²) in [6, 6.07) is -0.0567. The normalized spacial score (nSPS) is 18.9. The highest BCUT2D eigenvalue weighted by atomic mass is 16.4. The van der Waals surface area contributed by atoms with Crippen LogP contribution in [0.25, 0.3) is 0 Å². The van der Waals surface area contributed by atoms with Crippen molar-refractivity contribution in [3.8, 4) is 0 Å². The minimum atomic E-state index is -0.967. The Balaban J connectivity index is 2.67. The van der Waals surface area contributed by atoms with Crippen LogP contribution in [-0.2, 0) is 4.79 Å². The summed E-state index contributed by atoms with van der Waals surface area (Å²) in [5.74, 6) is -0.967. The van der Waals surface area contributed by atoms with E-state index in [2.05, 4.69) is 13.8 Å². The maximum Gasteiger partial charge on any atom is 0.323 e. The van der Waals surface area contributed by atoms with Crippen LogP contribution in [0.3, 0.4) is 0 Å². The molecule has 0 aromatic heterocycles. The van der Waals surface area contributed by atoms with E-state index >= 15 is 0 Å². The standard InChI is InChI=1S/C15H28N2O3/c1-11(2)17(10-13(18)19)14(20)16(5)12-6-8-15(3,4)9-7-12/h11-12H,6-10H2,1-5H3,(H,18,19). The molecule has 20 heavy (non-hydrogen) atoms. The van der Waals surface area contributed by atoms with Crippen LogP contribution in [0.5, 0.6) is 0 Å². The summed E-state index contributed by atoms with van der Waals surface area (Å²) >= 11 is 0. The molecule has 0 radical (unpaired) electrons. The molecular formula is C15H28N2O3. The summed E-state index contributed by atoms with van der Waals surface area (Å²) in [5.41, 5.74) is 0.360. The lowest BCUT2D eigenvalue weighted by molar-refractivity contribution is -0.138. The van der Waals surface area contributed by atoms with E-state index in [1.54, 1.807) is 11.9 Å². The summed E-state index contributed by atoms with van der Waals surface area (Å²) in [6.45, 7) is 7.97. The molecule has 5 heteroatoms. The molecule has 0 spiro atoms. The molecule has 1 aliphatic rings. The molecule has 1 rings (SSSR count). The van der Waals surface area contributed by atoms with E-state index in [1.165, 1.54) is 4.90 Å². The Morgan fingerprint density at radius 3 is 2.15 bits per heavy atom. The quantitative estimate of drug-likeness (QED) is 0.863. The Morgan fingerprint density at radius 1 is 1.25 bits per heavy atom. The van der Waals surface area contributed by atoms with Crippen molar-refractivity contribution >= 4 is 12.0 Å². The van der Waals surface area contributed by atoms with E-state index in [4.69, 9.17) is 5.11 Å². The van der Waals surface area contributed by atoms with Gasteiger partial charge >= 0.3 is 12.0 Å². The molecule has 0 atom stereocenters. The van der Waals surface area contributed by atoms with Gasteiger partial charge < -0.3 is 14.9 Å². The molecule has 1 saturated carbocycles. The van der Waals surface area contributed by atoms with Gasteiger partial charge in [0.15, 0.2) is 0 Å². The molecule has 1 fully saturated rings. The van der Waals surface area contributed by atoms with Gasteiger partial charge in [-0.15, -0.1) is 0 Å². The van der Waals surface area contributed by atoms with E-state index in [0.29, 0.717) is 5.41 Å². The SMILES string of the molecule is CC(C)N(CC(=O)O)C(=O)N(C)C1CCC(C)(C)CC1. The lowest BCUT2D eigenvalue weighted by Crippen LogP contribution is -2.51. The van der Waals surface area contributed by atoms with Crippen LogP contribution in [-0.4, -0.2) is 52.6 Å². The zero-order chi connectivity index (χ0) is 15.5. The van der Waals surface area contributed by atoms with E-state index in [9.17, 15) is 9.59 Å². The first-order valence-electron chi connectivity index (χ1n) is 7.39. The monoisotopic (exact) mass is 284 g/mol. The van der Waals surface area contributed by atoms with Crippen molar-refractivity contribution < 1.29 is 14.7 Å². The maximum absolute atomic E-state index is 12.5. The molecule has 0 bridgehead atoms. The first-order chi connectivity index (χ1) is 9.14. The van der Waals surface area contributed by atoms with Crippen LogP contribution >= 0.6 is 0 Å². The van der Waals surface area contributed by atoms with Gasteiger partial charge in [0.1, 0.15) is 6.54 Å². The first-order valence-corrected chi connectivity index (χ1v) is 7.39. The maximum atomic E-state index is 12.5. The molecule has 5 nitrogen and oxygen atoms in total. The molecule has 1 N–H and O–H groups in total. The fraction of sp³-hybridized carbons (Fsp3) is 0.867. The highest BCUT2D eigenvalue weighted by molar-refractivity contribution is 5.80. The van der Waals surface area contributed by atoms with Crippen LogP contribution in [0, 0.1) is 5.41 Å². The zero-order valence-electron chi connectivity index (χ0n) is 13.3. The average Bonchev–Trinajstić information content (AvgIpc) is 2.33. The molecular weight excluding hydrogens is 256 g/mol. The lowest BCUT2D eigenvalue weighted by atomic mass is 9.75. The van der Waals surface area contributed by atoms with Gasteiger partial charge in [-0.05, 0) is 44.9 Å². The van der Waals surface area contributed by atoms with Crippen LogP contribution in [0.4, 0.5) is 4.79 Å². The number of amides is 2. The first kappa shape index (κ1) is 16.8. The van der Waals surface area contributed by atoms with Crippen molar-refractivity contribution in [1.29, 1.82) is 0 Å². The molecule has 0 aromatic carbocycles. The second-order valence-electron chi connectivity index (χ2n) is 6.90. The topological polar surface area (TPSA) is 60.9 Å². The van der Waals surface area contributed by atoms with Gasteiger partial charge in [0.05, 0.1) is 0 Å². The Morgan fingerprint density at radius 2 is 1.75 bits per heavy atom. The predicted octanol–water partition coefficient (Wildman–Crippen LogP) is 2.80. The van der Waals surface area contributed by atoms with Gasteiger partial charge in [-0.1, -0.05) is 13.8 Å². The van der Waals surface area contributed by atoms with Crippen molar-refractivity contribution in [2.45, 2.75) is 65.5 Å². The fourth-order valence-electron chi connectivity index (χ4n) is 2.75. The molecule has 2 amide bonds. The van der Waals surface area contributed by atoms with Gasteiger partial charge in [0.25, 0.3) is 0 Å². The van der Waals surface area contributed by atoms with Crippen molar-refractivity contribution in [2.24, 2.45) is 5.41 Å². The number of rotatable bonds is 4. The number of carboxylic acid groups (broad SMARTS) is 1. The van der Waals surface area contributed by atoms with Crippen LogP contribution in [0.2, 0.25) is 0 Å². The van der Waals surface area contributed by atoms with E-state index < -0.39 is 5.97 Å². The van der Waals surface area contributed by atoms with Gasteiger partial charge in [-0.2, -0.15) is 0 Å². The summed E-state index contributed by atoms with van der Waals surface area (Å²) in [5, 5.41) is 8.93. The lowest BCUT2D eigenvalue weighted by Gasteiger charge is -2.40. The fourth-order valence-corrected chi connectivity index (χ4v) is 2.75. The number of hydrogen-bond acceptors (Lipinski definition) is 2. The molecule has 0 aliphatic heterocycles. The highest BCUT2D eigenvalue weighted by Crippen LogP contribution is 2.36. The second-order valence-corrected chi connectivity index (χ2v) is 6.90. The zero-order valence-corrected chi connectivity index (χ0v) is 13.3. The summed E-state index contributed by atoms with van der Waals surface area (Å²) in [7, 11) is 1.79. The molecule has 1 aliphatic carbocycles. The highest BCUT2D eigenvalue weighted by Gasteiger charge is 2.33. The summed E-state index contributed by atoms with van der Waals surface area (Å²) < 4.78 is 0. The second kappa shape index (κ2) is 6.46. The number of hydrogen-bond donors (Lipinski definition) is 1. The minimum Gasteiger partial charge on any atom is -0.480 e. The number of carbonyl (C=O) groups is 2. The minimum absolute atomic E-state index is 0.110. The van der Waals surface area contributed by atoms with Crippen LogP contribution in [0.1, 0.15) is 53.4 Å². The van der Waals surface area contributed by atoms with Crippen molar-refractivity contribution in [3.63, 3.8) is 0 Å². The largest absolute Gasteiger partial charge is 0.480 e. The number of aliphatic carboxylic acids is 1. The van der Waals surface area contributed by atoms with Crippen LogP contribution in [0.15, 0.2) is 0 Å². The average molecular weight is 284 g/mol. The summed E-state index contributed by atoms with van der Waals surface area (Å²) in [6.07, 6.45) is 4.20. The van der Waals surface area contributed by atoms with Crippen molar-refractivity contribution in [2.75, 3.05) is 13.6 Å². The van der Waals surface area contributed by atoms with Gasteiger partial charge in [-0.25, -0.2) is 4.79 Å². The third-order valence-corrected chi connectivity index (χ3v) is 4.33. The third kappa shape index (κ3) is 4.39. The predicted molar refractivity (Wildman–Crippen MR) is 78.7 cm³/mol. The number of carbonyl (C=O) groups excluding carboxylic acids is 1. The molecule has 0 unspecified atom stereocenters. The van der Waals surface area contributed by atoms with E-state index in [-0.39, 0.29) is 24.7 Å². The smallest absolute Gasteiger partial charge is 0.323 e. The van der Waals surface area contributed by atoms with Gasteiger partial charge in [0.2, 0.25) is 0 Å². The molecule has 0 heterocycles. The Bertz CT molecular complexity index is 356. The molecule has 116 valence electrons. The molecule has 0 saturated heterocycles. The Labute approximate surface area is 121 Å². The summed E-state index contributed by atoms with van der Waals surface area (Å²) in [4.78, 5) is 26.5. The van der Waals surface area contributed by atoms with E-state index in [0.717, 1.165) is 25.7 Å². The van der Waals surface area contributed by atoms with Gasteiger partial charge in [-0.3, -0.25) is 4.79 Å². The van der Waals surface area contributed by atoms with Gasteiger partial charge in [0, 0.05) is 19.1 Å². The molecule has 0 aromatic rings. The van der Waals surface area contributed by atoms with Crippen molar-refractivity contribution in [1.82, 2.24) is 9.80 Å². The van der Waals surface area contributed by atoms with Crippen molar-refractivity contribution in [3.05, 3.63) is 0 Å².